The van der Waals surface area contributed by atoms with Gasteiger partial charge in [0.05, 0.1) is 10.5 Å². The first kappa shape index (κ1) is 21.9. The average Bonchev–Trinajstić information content (AvgIpc) is 2.48. The maximum atomic E-state index is 12.3. The highest BCUT2D eigenvalue weighted by Crippen LogP contribution is 2.23. The van der Waals surface area contributed by atoms with Gasteiger partial charge in [0.2, 0.25) is 5.91 Å². The van der Waals surface area contributed by atoms with E-state index in [1.54, 1.807) is 45.0 Å². The van der Waals surface area contributed by atoms with Crippen LogP contribution in [0.3, 0.4) is 0 Å². The van der Waals surface area contributed by atoms with Gasteiger partial charge in [-0.2, -0.15) is 0 Å². The average molecular weight is 391 g/mol. The van der Waals surface area contributed by atoms with Crippen molar-refractivity contribution >= 4 is 33.8 Å². The number of anilines is 1. The molecule has 1 aromatic rings. The van der Waals surface area contributed by atoms with Gasteiger partial charge in [-0.3, -0.25) is 4.79 Å². The Bertz CT molecular complexity index is 690. The fourth-order valence-electron chi connectivity index (χ4n) is 2.34. The Morgan fingerprint density at radius 3 is 2.20 bits per heavy atom. The molecular formula is C17H27ClN2O4S. The van der Waals surface area contributed by atoms with E-state index in [-0.39, 0.29) is 24.1 Å². The molecule has 1 aromatic carbocycles. The first-order valence-corrected chi connectivity index (χ1v) is 9.68. The number of ether oxygens (including phenoxy) is 1. The summed E-state index contributed by atoms with van der Waals surface area (Å²) in [5.41, 5.74) is 6.53. The number of benzene rings is 1. The number of halogens is 1. The van der Waals surface area contributed by atoms with Gasteiger partial charge in [0.1, 0.15) is 5.54 Å². The van der Waals surface area contributed by atoms with Crippen LogP contribution in [0.15, 0.2) is 24.3 Å². The SMILES string of the molecule is CC(C)(C)S(=O)(=O)Cc1ccc(NC(=O)C2(N)CCOCC2)cc1.Cl. The molecule has 142 valence electrons. The van der Waals surface area contributed by atoms with Crippen molar-refractivity contribution in [2.45, 2.75) is 49.7 Å². The molecule has 1 fully saturated rings. The number of sulfone groups is 1. The third kappa shape index (κ3) is 5.41. The predicted molar refractivity (Wildman–Crippen MR) is 102 cm³/mol. The minimum absolute atomic E-state index is 0. The zero-order valence-electron chi connectivity index (χ0n) is 14.9. The summed E-state index contributed by atoms with van der Waals surface area (Å²) in [6, 6.07) is 6.83. The molecule has 0 radical (unpaired) electrons. The molecule has 25 heavy (non-hydrogen) atoms. The van der Waals surface area contributed by atoms with Crippen LogP contribution in [-0.4, -0.2) is 37.8 Å². The van der Waals surface area contributed by atoms with Crippen LogP contribution in [0, 0.1) is 0 Å². The lowest BCUT2D eigenvalue weighted by atomic mass is 9.90. The lowest BCUT2D eigenvalue weighted by Gasteiger charge is -2.31. The zero-order valence-corrected chi connectivity index (χ0v) is 16.5. The minimum atomic E-state index is -3.23. The molecule has 0 unspecified atom stereocenters. The topological polar surface area (TPSA) is 98.5 Å². The van der Waals surface area contributed by atoms with Gasteiger partial charge in [-0.25, -0.2) is 8.42 Å². The summed E-state index contributed by atoms with van der Waals surface area (Å²) in [6.45, 7) is 6.02. The normalized spacial score (nSPS) is 17.4. The molecule has 1 saturated heterocycles. The molecule has 8 heteroatoms. The molecule has 3 N–H and O–H groups in total. The van der Waals surface area contributed by atoms with E-state index in [1.807, 2.05) is 0 Å². The quantitative estimate of drug-likeness (QED) is 0.821. The van der Waals surface area contributed by atoms with Crippen molar-refractivity contribution in [1.29, 1.82) is 0 Å². The molecule has 0 aliphatic carbocycles. The summed E-state index contributed by atoms with van der Waals surface area (Å²) < 4.78 is 28.9. The van der Waals surface area contributed by atoms with E-state index in [0.29, 0.717) is 37.3 Å². The van der Waals surface area contributed by atoms with Gasteiger partial charge in [0.25, 0.3) is 0 Å². The van der Waals surface area contributed by atoms with Crippen LogP contribution in [0.2, 0.25) is 0 Å². The van der Waals surface area contributed by atoms with Crippen molar-refractivity contribution in [1.82, 2.24) is 0 Å². The van der Waals surface area contributed by atoms with E-state index in [4.69, 9.17) is 10.5 Å². The van der Waals surface area contributed by atoms with Gasteiger partial charge in [-0.1, -0.05) is 12.1 Å². The van der Waals surface area contributed by atoms with Gasteiger partial charge in [0, 0.05) is 18.9 Å². The van der Waals surface area contributed by atoms with Crippen molar-refractivity contribution < 1.29 is 17.9 Å². The number of amides is 1. The standard InChI is InChI=1S/C17H26N2O4S.ClH/c1-16(2,3)24(21,22)12-13-4-6-14(7-5-13)19-15(20)17(18)8-10-23-11-9-17;/h4-7H,8-12,18H2,1-3H3,(H,19,20);1H. The first-order valence-electron chi connectivity index (χ1n) is 8.03. The molecule has 6 nitrogen and oxygen atoms in total. The summed E-state index contributed by atoms with van der Waals surface area (Å²) in [5.74, 6) is -0.260. The van der Waals surface area contributed by atoms with Crippen LogP contribution < -0.4 is 11.1 Å². The Morgan fingerprint density at radius 1 is 1.20 bits per heavy atom. The Balaban J connectivity index is 0.00000312. The Kier molecular flexibility index (Phi) is 7.03. The number of carbonyl (C=O) groups excluding carboxylic acids is 1. The highest BCUT2D eigenvalue weighted by Gasteiger charge is 2.36. The lowest BCUT2D eigenvalue weighted by molar-refractivity contribution is -0.124. The van der Waals surface area contributed by atoms with E-state index in [0.717, 1.165) is 0 Å². The summed E-state index contributed by atoms with van der Waals surface area (Å²) in [7, 11) is -3.23. The number of rotatable bonds is 4. The molecule has 0 bridgehead atoms. The molecule has 1 aliphatic heterocycles. The van der Waals surface area contributed by atoms with Gasteiger partial charge >= 0.3 is 0 Å². The molecule has 0 saturated carbocycles. The van der Waals surface area contributed by atoms with E-state index in [2.05, 4.69) is 5.32 Å². The van der Waals surface area contributed by atoms with Gasteiger partial charge < -0.3 is 15.8 Å². The summed E-state index contributed by atoms with van der Waals surface area (Å²) in [4.78, 5) is 12.3. The molecule has 2 rings (SSSR count). The molecule has 1 aliphatic rings. The van der Waals surface area contributed by atoms with Crippen LogP contribution in [0.1, 0.15) is 39.2 Å². The number of nitrogens with one attached hydrogen (secondary N) is 1. The van der Waals surface area contributed by atoms with Crippen LogP contribution in [0.4, 0.5) is 5.69 Å². The third-order valence-corrected chi connectivity index (χ3v) is 6.92. The van der Waals surface area contributed by atoms with Gasteiger partial charge in [0.15, 0.2) is 9.84 Å². The molecule has 1 amide bonds. The Labute approximate surface area is 155 Å². The van der Waals surface area contributed by atoms with Crippen molar-refractivity contribution in [2.75, 3.05) is 18.5 Å². The second kappa shape index (κ2) is 8.03. The second-order valence-corrected chi connectivity index (χ2v) is 10.0. The van der Waals surface area contributed by atoms with Crippen molar-refractivity contribution in [3.05, 3.63) is 29.8 Å². The van der Waals surface area contributed by atoms with E-state index in [1.165, 1.54) is 0 Å². The lowest BCUT2D eigenvalue weighted by Crippen LogP contribution is -2.54. The van der Waals surface area contributed by atoms with E-state index in [9.17, 15) is 13.2 Å². The van der Waals surface area contributed by atoms with Crippen molar-refractivity contribution in [3.8, 4) is 0 Å². The Hall–Kier alpha value is -1.15. The number of nitrogens with two attached hydrogens (primary N) is 1. The first-order chi connectivity index (χ1) is 11.0. The summed E-state index contributed by atoms with van der Waals surface area (Å²) in [6.07, 6.45) is 0.974. The largest absolute Gasteiger partial charge is 0.381 e. The van der Waals surface area contributed by atoms with Crippen LogP contribution in [-0.2, 0) is 25.1 Å². The van der Waals surface area contributed by atoms with E-state index >= 15 is 0 Å². The monoisotopic (exact) mass is 390 g/mol. The maximum absolute atomic E-state index is 12.3. The number of hydrogen-bond donors (Lipinski definition) is 2. The minimum Gasteiger partial charge on any atom is -0.381 e. The highest BCUT2D eigenvalue weighted by atomic mass is 35.5. The molecule has 0 atom stereocenters. The smallest absolute Gasteiger partial charge is 0.244 e. The zero-order chi connectivity index (χ0) is 18.0. The van der Waals surface area contributed by atoms with E-state index < -0.39 is 20.1 Å². The van der Waals surface area contributed by atoms with Crippen LogP contribution >= 0.6 is 12.4 Å². The highest BCUT2D eigenvalue weighted by molar-refractivity contribution is 7.91. The van der Waals surface area contributed by atoms with Crippen molar-refractivity contribution in [2.24, 2.45) is 5.73 Å². The molecule has 0 spiro atoms. The predicted octanol–water partition coefficient (Wildman–Crippen LogP) is 2.27. The van der Waals surface area contributed by atoms with Crippen LogP contribution in [0.25, 0.3) is 0 Å². The number of hydrogen-bond acceptors (Lipinski definition) is 5. The maximum Gasteiger partial charge on any atom is 0.244 e. The molecular weight excluding hydrogens is 364 g/mol. The fourth-order valence-corrected chi connectivity index (χ4v) is 3.40. The molecule has 1 heterocycles. The van der Waals surface area contributed by atoms with Crippen LogP contribution in [0.5, 0.6) is 0 Å². The fraction of sp³-hybridized carbons (Fsp3) is 0.588. The summed E-state index contributed by atoms with van der Waals surface area (Å²) in [5, 5.41) is 2.80. The van der Waals surface area contributed by atoms with Crippen molar-refractivity contribution in [3.63, 3.8) is 0 Å². The number of carbonyl (C=O) groups is 1. The Morgan fingerprint density at radius 2 is 1.72 bits per heavy atom. The molecule has 0 aromatic heterocycles. The van der Waals surface area contributed by atoms with Gasteiger partial charge in [-0.05, 0) is 51.3 Å². The van der Waals surface area contributed by atoms with Gasteiger partial charge in [-0.15, -0.1) is 12.4 Å². The second-order valence-electron chi connectivity index (χ2n) is 7.29. The third-order valence-electron chi connectivity index (χ3n) is 4.34. The summed E-state index contributed by atoms with van der Waals surface area (Å²) >= 11 is 0.